The molecular weight excluding hydrogens is 416 g/mol. The number of carbonyl (C=O) groups is 1. The maximum atomic E-state index is 13.3. The molecule has 1 aromatic carbocycles. The molecule has 0 fully saturated rings. The van der Waals surface area contributed by atoms with Crippen LogP contribution >= 0.6 is 0 Å². The second-order valence-corrected chi connectivity index (χ2v) is 8.17. The summed E-state index contributed by atoms with van der Waals surface area (Å²) in [5, 5.41) is 23.0. The predicted octanol–water partition coefficient (Wildman–Crippen LogP) is 2.01. The lowest BCUT2D eigenvalue weighted by atomic mass is 9.86. The van der Waals surface area contributed by atoms with E-state index in [1.165, 1.54) is 10.6 Å². The van der Waals surface area contributed by atoms with Gasteiger partial charge in [-0.3, -0.25) is 14.9 Å². The lowest BCUT2D eigenvalue weighted by Gasteiger charge is -2.31. The zero-order chi connectivity index (χ0) is 22.9. The molecule has 0 saturated heterocycles. The zero-order valence-corrected chi connectivity index (χ0v) is 17.4. The first-order valence-electron chi connectivity index (χ1n) is 10.2. The average Bonchev–Trinajstić information content (AvgIpc) is 3.12. The lowest BCUT2D eigenvalue weighted by Crippen LogP contribution is -2.44. The van der Waals surface area contributed by atoms with E-state index >= 15 is 0 Å². The highest BCUT2D eigenvalue weighted by Gasteiger charge is 2.45. The van der Waals surface area contributed by atoms with E-state index in [2.05, 4.69) is 4.98 Å². The quantitative estimate of drug-likeness (QED) is 0.281. The third kappa shape index (κ3) is 2.50. The van der Waals surface area contributed by atoms with Crippen LogP contribution in [0.5, 0.6) is 0 Å². The minimum Gasteiger partial charge on any atom is -0.458 e. The second kappa shape index (κ2) is 6.68. The third-order valence-electron chi connectivity index (χ3n) is 6.39. The molecule has 2 aliphatic heterocycles. The van der Waals surface area contributed by atoms with Crippen LogP contribution in [0.3, 0.4) is 0 Å². The van der Waals surface area contributed by atoms with Gasteiger partial charge in [0.05, 0.1) is 39.3 Å². The van der Waals surface area contributed by atoms with Crippen molar-refractivity contribution in [2.45, 2.75) is 45.1 Å². The molecule has 5 rings (SSSR count). The number of hydrogen-bond acceptors (Lipinski definition) is 8. The number of rotatable bonds is 3. The van der Waals surface area contributed by atoms with Crippen molar-refractivity contribution in [3.05, 3.63) is 67.0 Å². The molecule has 3 aromatic rings. The molecular formula is C22H20N4O6. The topological polar surface area (TPSA) is 151 Å². The van der Waals surface area contributed by atoms with Gasteiger partial charge in [-0.25, -0.2) is 9.78 Å². The Morgan fingerprint density at radius 2 is 2.12 bits per heavy atom. The summed E-state index contributed by atoms with van der Waals surface area (Å²) in [5.41, 5.74) is 6.70. The number of nitro benzene ring substituents is 1. The van der Waals surface area contributed by atoms with E-state index in [0.29, 0.717) is 33.4 Å². The summed E-state index contributed by atoms with van der Waals surface area (Å²) in [4.78, 5) is 41.5. The van der Waals surface area contributed by atoms with Gasteiger partial charge >= 0.3 is 5.97 Å². The number of pyridine rings is 2. The molecule has 10 heteroatoms. The Hall–Kier alpha value is -3.63. The van der Waals surface area contributed by atoms with Gasteiger partial charge in [0.2, 0.25) is 0 Å². The highest BCUT2D eigenvalue weighted by atomic mass is 16.6. The van der Waals surface area contributed by atoms with Crippen molar-refractivity contribution < 1.29 is 19.6 Å². The number of fused-ring (bicyclic) bond motifs is 5. The number of hydrogen-bond donors (Lipinski definition) is 2. The summed E-state index contributed by atoms with van der Waals surface area (Å²) < 4.78 is 6.57. The first kappa shape index (κ1) is 20.3. The van der Waals surface area contributed by atoms with Crippen LogP contribution in [0.15, 0.2) is 29.1 Å². The number of nitrogens with zero attached hydrogens (tertiary/aromatic N) is 3. The number of ether oxygens (including phenoxy) is 1. The predicted molar refractivity (Wildman–Crippen MR) is 114 cm³/mol. The van der Waals surface area contributed by atoms with Crippen molar-refractivity contribution in [1.82, 2.24) is 9.55 Å². The smallest absolute Gasteiger partial charge is 0.343 e. The standard InChI is InChI=1S/C22H20N4O6/c1-3-22(29)13-7-16-19-11(8-25(16)20(27)12(13)9-32-21(22)28)17(10(2)23)18-14(24-19)5-4-6-15(18)26(30)31/h4-7,10,29H,3,8-9,23H2,1-2H3/t10-,22+/m1/s1. The van der Waals surface area contributed by atoms with Gasteiger partial charge in [-0.05, 0) is 31.0 Å². The molecule has 0 aliphatic carbocycles. The molecule has 32 heavy (non-hydrogen) atoms. The molecule has 0 amide bonds. The van der Waals surface area contributed by atoms with Gasteiger partial charge in [-0.2, -0.15) is 0 Å². The van der Waals surface area contributed by atoms with Gasteiger partial charge < -0.3 is 20.1 Å². The lowest BCUT2D eigenvalue weighted by molar-refractivity contribution is -0.383. The van der Waals surface area contributed by atoms with E-state index in [0.717, 1.165) is 0 Å². The number of nitrogens with two attached hydrogens (primary N) is 1. The van der Waals surface area contributed by atoms with E-state index in [-0.39, 0.29) is 36.4 Å². The molecule has 0 unspecified atom stereocenters. The van der Waals surface area contributed by atoms with Gasteiger partial charge in [0, 0.05) is 23.2 Å². The van der Waals surface area contributed by atoms with Crippen LogP contribution in [-0.2, 0) is 28.3 Å². The zero-order valence-electron chi connectivity index (χ0n) is 17.4. The van der Waals surface area contributed by atoms with Crippen LogP contribution in [0.1, 0.15) is 48.6 Å². The summed E-state index contributed by atoms with van der Waals surface area (Å²) in [6.45, 7) is 3.26. The fraction of sp³-hybridized carbons (Fsp3) is 0.318. The Kier molecular flexibility index (Phi) is 4.24. The van der Waals surface area contributed by atoms with E-state index in [1.807, 2.05) is 0 Å². The Bertz CT molecular complexity index is 1410. The first-order chi connectivity index (χ1) is 15.2. The average molecular weight is 436 g/mol. The molecule has 4 heterocycles. The molecule has 2 aliphatic rings. The molecule has 0 spiro atoms. The van der Waals surface area contributed by atoms with Gasteiger partial charge in [-0.1, -0.05) is 13.0 Å². The number of non-ortho nitro benzene ring substituents is 1. The fourth-order valence-corrected chi connectivity index (χ4v) is 4.80. The molecule has 0 radical (unpaired) electrons. The fourth-order valence-electron chi connectivity index (χ4n) is 4.80. The highest BCUT2D eigenvalue weighted by Crippen LogP contribution is 2.42. The minimum atomic E-state index is -1.93. The van der Waals surface area contributed by atoms with Crippen molar-refractivity contribution >= 4 is 22.6 Å². The Morgan fingerprint density at radius 3 is 2.78 bits per heavy atom. The van der Waals surface area contributed by atoms with Crippen molar-refractivity contribution in [2.24, 2.45) is 5.73 Å². The molecule has 3 N–H and O–H groups in total. The normalized spacial score (nSPS) is 19.8. The van der Waals surface area contributed by atoms with Crippen LogP contribution in [-0.4, -0.2) is 25.6 Å². The minimum absolute atomic E-state index is 0.0387. The second-order valence-electron chi connectivity index (χ2n) is 8.17. The summed E-state index contributed by atoms with van der Waals surface area (Å²) in [6, 6.07) is 5.65. The Morgan fingerprint density at radius 1 is 1.38 bits per heavy atom. The van der Waals surface area contributed by atoms with Gasteiger partial charge in [-0.15, -0.1) is 0 Å². The monoisotopic (exact) mass is 436 g/mol. The first-order valence-corrected chi connectivity index (χ1v) is 10.2. The summed E-state index contributed by atoms with van der Waals surface area (Å²) in [7, 11) is 0. The Labute approximate surface area is 181 Å². The van der Waals surface area contributed by atoms with Crippen LogP contribution in [0.2, 0.25) is 0 Å². The van der Waals surface area contributed by atoms with Crippen LogP contribution in [0, 0.1) is 10.1 Å². The highest BCUT2D eigenvalue weighted by molar-refractivity contribution is 5.95. The number of aromatic nitrogens is 2. The van der Waals surface area contributed by atoms with Gasteiger partial charge in [0.1, 0.15) is 6.61 Å². The number of esters is 1. The van der Waals surface area contributed by atoms with Crippen molar-refractivity contribution in [2.75, 3.05) is 0 Å². The molecule has 164 valence electrons. The summed E-state index contributed by atoms with van der Waals surface area (Å²) in [6.07, 6.45) is 0.0387. The van der Waals surface area contributed by atoms with Crippen molar-refractivity contribution in [1.29, 1.82) is 0 Å². The van der Waals surface area contributed by atoms with Crippen LogP contribution < -0.4 is 11.3 Å². The maximum absolute atomic E-state index is 13.3. The summed E-state index contributed by atoms with van der Waals surface area (Å²) >= 11 is 0. The SMILES string of the molecule is CC[C@@]1(O)C(=O)OCc2c1cc1n(c2=O)Cc2c-1nc1cccc([N+](=O)[O-])c1c2[C@@H](C)N. The van der Waals surface area contributed by atoms with E-state index in [4.69, 9.17) is 10.5 Å². The van der Waals surface area contributed by atoms with E-state index in [9.17, 15) is 24.8 Å². The number of aliphatic hydroxyl groups is 1. The largest absolute Gasteiger partial charge is 0.458 e. The van der Waals surface area contributed by atoms with Gasteiger partial charge in [0.25, 0.3) is 11.2 Å². The van der Waals surface area contributed by atoms with Crippen molar-refractivity contribution in [3.8, 4) is 11.4 Å². The van der Waals surface area contributed by atoms with Crippen molar-refractivity contribution in [3.63, 3.8) is 0 Å². The summed E-state index contributed by atoms with van der Waals surface area (Å²) in [5.74, 6) is -0.798. The third-order valence-corrected chi connectivity index (χ3v) is 6.39. The number of carbonyl (C=O) groups excluding carboxylic acids is 1. The van der Waals surface area contributed by atoms with E-state index in [1.54, 1.807) is 32.0 Å². The van der Waals surface area contributed by atoms with Crippen LogP contribution in [0.4, 0.5) is 5.69 Å². The van der Waals surface area contributed by atoms with Crippen LogP contribution in [0.25, 0.3) is 22.3 Å². The number of cyclic esters (lactones) is 1. The molecule has 2 atom stereocenters. The molecule has 0 saturated carbocycles. The van der Waals surface area contributed by atoms with E-state index < -0.39 is 28.1 Å². The van der Waals surface area contributed by atoms with Gasteiger partial charge in [0.15, 0.2) is 5.60 Å². The Balaban J connectivity index is 1.87. The maximum Gasteiger partial charge on any atom is 0.343 e. The number of nitro groups is 1. The molecule has 10 nitrogen and oxygen atoms in total. The molecule has 0 bridgehead atoms. The number of benzene rings is 1. The molecule has 2 aromatic heterocycles.